The van der Waals surface area contributed by atoms with Crippen LogP contribution in [0, 0.1) is 31.1 Å². The first kappa shape index (κ1) is 41.4. The number of aliphatic imine (C=N–C) groups is 1. The van der Waals surface area contributed by atoms with E-state index in [4.69, 9.17) is 19.7 Å². The van der Waals surface area contributed by atoms with Crippen LogP contribution in [0.1, 0.15) is 91.6 Å². The van der Waals surface area contributed by atoms with Gasteiger partial charge in [0.1, 0.15) is 0 Å². The van der Waals surface area contributed by atoms with Crippen LogP contribution >= 0.6 is 0 Å². The zero-order valence-electron chi connectivity index (χ0n) is 36.1. The number of aryl methyl sites for hydroxylation is 3. The van der Waals surface area contributed by atoms with Crippen LogP contribution in [0.25, 0.3) is 11.3 Å². The van der Waals surface area contributed by atoms with Gasteiger partial charge in [0.05, 0.1) is 70.9 Å². The van der Waals surface area contributed by atoms with Gasteiger partial charge in [-0.25, -0.2) is 4.68 Å². The molecule has 0 aromatic carbocycles. The second-order valence-corrected chi connectivity index (χ2v) is 17.7. The van der Waals surface area contributed by atoms with Gasteiger partial charge in [-0.1, -0.05) is 13.0 Å². The number of fused-ring (bicyclic) bond motifs is 7. The minimum absolute atomic E-state index is 0.123. The van der Waals surface area contributed by atoms with E-state index in [1.54, 1.807) is 23.0 Å². The summed E-state index contributed by atoms with van der Waals surface area (Å²) in [6.07, 6.45) is 12.2. The quantitative estimate of drug-likeness (QED) is 0.348. The van der Waals surface area contributed by atoms with Crippen molar-refractivity contribution in [3.05, 3.63) is 76.7 Å². The van der Waals surface area contributed by atoms with E-state index < -0.39 is 5.92 Å². The number of hydrogen-bond acceptors (Lipinski definition) is 13. The molecule has 0 radical (unpaired) electrons. The molecule has 16 nitrogen and oxygen atoms in total. The average Bonchev–Trinajstić information content (AvgIpc) is 3.80. The van der Waals surface area contributed by atoms with Crippen molar-refractivity contribution in [2.45, 2.75) is 96.2 Å². The highest BCUT2D eigenvalue weighted by atomic mass is 16.5. The molecule has 2 unspecified atom stereocenters. The number of nitriles is 1. The first-order valence-corrected chi connectivity index (χ1v) is 22.2. The summed E-state index contributed by atoms with van der Waals surface area (Å²) >= 11 is 0. The third kappa shape index (κ3) is 8.35. The molecule has 2 bridgehead atoms. The summed E-state index contributed by atoms with van der Waals surface area (Å²) in [7, 11) is 1.85. The number of ether oxygens (including phenoxy) is 1. The van der Waals surface area contributed by atoms with Gasteiger partial charge < -0.3 is 19.9 Å². The topological polar surface area (TPSA) is 177 Å². The van der Waals surface area contributed by atoms with Crippen LogP contribution in [0.4, 0.5) is 5.69 Å². The Labute approximate surface area is 362 Å². The van der Waals surface area contributed by atoms with Crippen molar-refractivity contribution in [3.63, 3.8) is 0 Å². The average molecular weight is 841 g/mol. The molecule has 4 saturated heterocycles. The summed E-state index contributed by atoms with van der Waals surface area (Å²) in [4.78, 5) is 62.1. The minimum atomic E-state index is -0.396. The zero-order valence-corrected chi connectivity index (χ0v) is 36.1. The molecular formula is C46H56N12O4. The van der Waals surface area contributed by atoms with Gasteiger partial charge >= 0.3 is 0 Å². The number of imide groups is 1. The Hall–Kier alpha value is -5.92. The Balaban J connectivity index is 0.883. The second kappa shape index (κ2) is 17.5. The molecule has 324 valence electrons. The number of guanidine groups is 1. The van der Waals surface area contributed by atoms with Crippen molar-refractivity contribution in [2.75, 3.05) is 50.8 Å². The molecule has 0 spiro atoms. The van der Waals surface area contributed by atoms with E-state index >= 15 is 0 Å². The number of amides is 3. The van der Waals surface area contributed by atoms with E-state index in [0.717, 1.165) is 98.9 Å². The molecule has 9 rings (SSSR count). The highest BCUT2D eigenvalue weighted by molar-refractivity contribution is 6.05. The molecule has 3 aromatic heterocycles. The fraction of sp³-hybridized carbons (Fsp3) is 0.522. The summed E-state index contributed by atoms with van der Waals surface area (Å²) in [6, 6.07) is 10.7. The molecule has 0 saturated carbocycles. The van der Waals surface area contributed by atoms with E-state index in [0.29, 0.717) is 67.2 Å². The molecule has 8 heterocycles. The van der Waals surface area contributed by atoms with E-state index in [2.05, 4.69) is 66.5 Å². The van der Waals surface area contributed by atoms with Crippen LogP contribution in [-0.2, 0) is 16.6 Å². The number of pyridine rings is 2. The molecule has 4 fully saturated rings. The SMILES string of the molecule is Cc1cc2cc(n1)-c1cnn(C)c1OCCC[C@@H](C)CN1C3=CC(N4CCN(C5CCN(c6ccc(C7CCC(=O)NC7=O)nc6C)CC5)[C@@H](CC#N)C4)CC=C3N/C1=N\C2=O. The summed E-state index contributed by atoms with van der Waals surface area (Å²) in [5.74, 6) is 0.237. The highest BCUT2D eigenvalue weighted by Gasteiger charge is 2.39. The van der Waals surface area contributed by atoms with Crippen LogP contribution in [0.3, 0.4) is 0 Å². The number of hydrogen-bond donors (Lipinski definition) is 2. The number of piperidine rings is 2. The first-order valence-electron chi connectivity index (χ1n) is 22.2. The fourth-order valence-electron chi connectivity index (χ4n) is 10.2. The molecule has 5 aliphatic heterocycles. The maximum Gasteiger partial charge on any atom is 0.280 e. The van der Waals surface area contributed by atoms with Crippen molar-refractivity contribution >= 4 is 29.4 Å². The molecule has 4 atom stereocenters. The van der Waals surface area contributed by atoms with Crippen LogP contribution < -0.4 is 20.3 Å². The molecule has 62 heavy (non-hydrogen) atoms. The summed E-state index contributed by atoms with van der Waals surface area (Å²) < 4.78 is 7.99. The maximum absolute atomic E-state index is 13.9. The predicted octanol–water partition coefficient (Wildman–Crippen LogP) is 4.33. The van der Waals surface area contributed by atoms with Gasteiger partial charge in [-0.2, -0.15) is 15.4 Å². The van der Waals surface area contributed by atoms with Gasteiger partial charge in [-0.05, 0) is 88.6 Å². The Morgan fingerprint density at radius 3 is 2.61 bits per heavy atom. The molecule has 2 N–H and O–H groups in total. The van der Waals surface area contributed by atoms with Crippen LogP contribution in [0.15, 0.2) is 59.0 Å². The standard InChI is InChI=1S/C46H56N12O4/c1-28-6-5-21-62-45-36(25-48-54(45)4)39-23-31(22-29(2)49-39)43(60)53-46-51-38-9-7-33(24-41(38)58(46)26-28)56-19-20-57(34(27-56)13-16-47)32-14-17-55(18-15-32)40-11-10-37(50-30(40)3)35-8-12-42(59)52-44(35)61/h9-11,22-25,28,32-35H,5-8,12-15,17-21,26-27H2,1-4H3,(H,51,53,60)(H,52,59,61)/t28-,33?,34+,35?/m1/s1. The Morgan fingerprint density at radius 1 is 0.984 bits per heavy atom. The normalized spacial score (nSPS) is 26.2. The van der Waals surface area contributed by atoms with Crippen molar-refractivity contribution in [1.29, 1.82) is 5.26 Å². The number of anilines is 1. The monoisotopic (exact) mass is 840 g/mol. The Morgan fingerprint density at radius 2 is 1.82 bits per heavy atom. The van der Waals surface area contributed by atoms with E-state index in [1.807, 2.05) is 27.0 Å². The number of piperazine rings is 1. The van der Waals surface area contributed by atoms with Crippen molar-refractivity contribution in [1.82, 2.24) is 45.1 Å². The zero-order chi connectivity index (χ0) is 43.1. The Bertz CT molecular complexity index is 2390. The summed E-state index contributed by atoms with van der Waals surface area (Å²) in [5, 5.41) is 20.4. The van der Waals surface area contributed by atoms with Gasteiger partial charge in [0.2, 0.25) is 23.7 Å². The molecular weight excluding hydrogens is 785 g/mol. The Kier molecular flexibility index (Phi) is 11.7. The van der Waals surface area contributed by atoms with Gasteiger partial charge in [0.15, 0.2) is 0 Å². The molecule has 3 aromatic rings. The maximum atomic E-state index is 13.9. The number of rotatable bonds is 5. The van der Waals surface area contributed by atoms with Crippen LogP contribution in [0.2, 0.25) is 0 Å². The lowest BCUT2D eigenvalue weighted by Crippen LogP contribution is -2.60. The molecule has 6 aliphatic rings. The van der Waals surface area contributed by atoms with Gasteiger partial charge in [-0.3, -0.25) is 39.5 Å². The third-order valence-corrected chi connectivity index (χ3v) is 13.4. The lowest BCUT2D eigenvalue weighted by atomic mass is 9.93. The predicted molar refractivity (Wildman–Crippen MR) is 233 cm³/mol. The van der Waals surface area contributed by atoms with Crippen molar-refractivity contribution < 1.29 is 19.1 Å². The molecule has 16 heteroatoms. The highest BCUT2D eigenvalue weighted by Crippen LogP contribution is 2.35. The van der Waals surface area contributed by atoms with E-state index in [9.17, 15) is 19.6 Å². The van der Waals surface area contributed by atoms with E-state index in [1.165, 1.54) is 0 Å². The van der Waals surface area contributed by atoms with Crippen molar-refractivity contribution in [3.8, 4) is 23.2 Å². The smallest absolute Gasteiger partial charge is 0.280 e. The lowest BCUT2D eigenvalue weighted by Gasteiger charge is -2.49. The number of carbonyl (C=O) groups is 3. The summed E-state index contributed by atoms with van der Waals surface area (Å²) in [5.41, 5.74) is 7.26. The second-order valence-electron chi connectivity index (χ2n) is 17.7. The first-order chi connectivity index (χ1) is 30.0. The van der Waals surface area contributed by atoms with Gasteiger partial charge in [-0.15, -0.1) is 0 Å². The van der Waals surface area contributed by atoms with Crippen molar-refractivity contribution in [2.24, 2.45) is 18.0 Å². The fourth-order valence-corrected chi connectivity index (χ4v) is 10.2. The van der Waals surface area contributed by atoms with Gasteiger partial charge in [0, 0.05) is 82.1 Å². The van der Waals surface area contributed by atoms with Gasteiger partial charge in [0.25, 0.3) is 5.91 Å². The van der Waals surface area contributed by atoms with Crippen LogP contribution in [-0.4, -0.2) is 122 Å². The largest absolute Gasteiger partial charge is 0.477 e. The van der Waals surface area contributed by atoms with Crippen LogP contribution in [0.5, 0.6) is 5.88 Å². The molecule has 3 amide bonds. The number of nitrogens with zero attached hydrogens (tertiary/aromatic N) is 10. The third-order valence-electron chi connectivity index (χ3n) is 13.4. The minimum Gasteiger partial charge on any atom is -0.477 e. The summed E-state index contributed by atoms with van der Waals surface area (Å²) in [6.45, 7) is 11.7. The number of aromatic nitrogens is 4. The number of carbonyl (C=O) groups excluding carboxylic acids is 3. The molecule has 1 aliphatic carbocycles. The number of nitrogens with one attached hydrogen (secondary N) is 2. The lowest BCUT2D eigenvalue weighted by molar-refractivity contribution is -0.134. The van der Waals surface area contributed by atoms with E-state index in [-0.39, 0.29) is 35.7 Å².